The Kier molecular flexibility index (Phi) is 25.5. The Labute approximate surface area is 549 Å². The van der Waals surface area contributed by atoms with Crippen LogP contribution in [-0.4, -0.2) is 138 Å². The number of amides is 4. The number of benzene rings is 3. The van der Waals surface area contributed by atoms with E-state index < -0.39 is 160 Å². The van der Waals surface area contributed by atoms with Gasteiger partial charge in [0.2, 0.25) is 29.3 Å². The first kappa shape index (κ1) is 78.7. The number of nitrogens with zero attached hydrogens (tertiary/aromatic N) is 11. The summed E-state index contributed by atoms with van der Waals surface area (Å²) in [7, 11) is 0. The van der Waals surface area contributed by atoms with Gasteiger partial charge in [-0.3, -0.25) is 14.4 Å². The van der Waals surface area contributed by atoms with Gasteiger partial charge in [-0.05, 0) is 95.7 Å². The zero-order valence-corrected chi connectivity index (χ0v) is 52.9. The monoisotopic (exact) mass is 1440 g/mol. The molecule has 3 aromatic heterocycles. The lowest BCUT2D eigenvalue weighted by molar-refractivity contribution is -0.149. The molecule has 3 aliphatic rings. The van der Waals surface area contributed by atoms with E-state index in [0.29, 0.717) is 55.3 Å². The van der Waals surface area contributed by atoms with Crippen molar-refractivity contribution < 1.29 is 118 Å². The largest absolute Gasteiger partial charge is 0.481 e. The van der Waals surface area contributed by atoms with E-state index in [0.717, 1.165) is 13.7 Å². The smallest absolute Gasteiger partial charge is 0.451 e. The molecule has 3 aromatic carbocycles. The fourth-order valence-electron chi connectivity index (χ4n) is 9.71. The number of carboxylic acid groups (broad SMARTS) is 1. The number of nitrogens with one attached hydrogen (secondary N) is 3. The number of carbonyl (C=O) groups excluding carboxylic acids is 4. The summed E-state index contributed by atoms with van der Waals surface area (Å²) in [5.41, 5.74) is 3.42. The highest BCUT2D eigenvalue weighted by molar-refractivity contribution is 5.78. The van der Waals surface area contributed by atoms with Crippen LogP contribution in [0.5, 0.6) is 0 Å². The van der Waals surface area contributed by atoms with Crippen molar-refractivity contribution in [2.45, 2.75) is 167 Å². The second-order valence-electron chi connectivity index (χ2n) is 24.2. The molecule has 6 heterocycles. The van der Waals surface area contributed by atoms with E-state index in [4.69, 9.17) is 20.3 Å². The molecule has 41 heteroatoms. The van der Waals surface area contributed by atoms with Crippen molar-refractivity contribution in [2.24, 2.45) is 5.73 Å². The van der Waals surface area contributed by atoms with Crippen LogP contribution in [0.1, 0.15) is 112 Å². The average Bonchev–Trinajstić information content (AvgIpc) is 1.68. The number of alkyl halides is 9. The Balaban J connectivity index is 0.000000218. The van der Waals surface area contributed by atoms with E-state index in [1.54, 1.807) is 41.5 Å². The number of nitrogens with two attached hydrogens (primary N) is 1. The number of halogens is 18. The first-order valence-electron chi connectivity index (χ1n) is 29.4. The number of hydrogen-bond donors (Lipinski definition) is 5. The van der Waals surface area contributed by atoms with Crippen molar-refractivity contribution in [3.63, 3.8) is 0 Å². The van der Waals surface area contributed by atoms with Crippen LogP contribution in [0, 0.1) is 52.4 Å². The summed E-state index contributed by atoms with van der Waals surface area (Å²) in [6, 6.07) is 0.0348. The molecule has 4 amide bonds. The Morgan fingerprint density at radius 3 is 1.17 bits per heavy atom. The van der Waals surface area contributed by atoms with Gasteiger partial charge < -0.3 is 59.8 Å². The quantitative estimate of drug-likeness (QED) is 0.0502. The van der Waals surface area contributed by atoms with Crippen molar-refractivity contribution in [1.29, 1.82) is 0 Å². The van der Waals surface area contributed by atoms with E-state index in [2.05, 4.69) is 46.5 Å². The second kappa shape index (κ2) is 32.1. The van der Waals surface area contributed by atoms with Gasteiger partial charge in [-0.2, -0.15) is 39.5 Å². The summed E-state index contributed by atoms with van der Waals surface area (Å²) in [6.45, 7) is 9.94. The van der Waals surface area contributed by atoms with Gasteiger partial charge in [0.1, 0.15) is 34.5 Å². The molecule has 544 valence electrons. The molecule has 23 nitrogen and oxygen atoms in total. The molecule has 0 fully saturated rings. The van der Waals surface area contributed by atoms with Gasteiger partial charge in [0.25, 0.3) is 0 Å². The molecule has 3 atom stereocenters. The van der Waals surface area contributed by atoms with Gasteiger partial charge in [0, 0.05) is 88.4 Å². The Hall–Kier alpha value is -9.31. The Morgan fingerprint density at radius 2 is 0.808 bits per heavy atom. The lowest BCUT2D eigenvalue weighted by atomic mass is 10.0. The van der Waals surface area contributed by atoms with Gasteiger partial charge in [-0.1, -0.05) is 0 Å². The van der Waals surface area contributed by atoms with E-state index in [9.17, 15) is 103 Å². The molecule has 99 heavy (non-hydrogen) atoms. The normalized spacial score (nSPS) is 14.8. The molecule has 0 aliphatic carbocycles. The van der Waals surface area contributed by atoms with E-state index in [1.165, 1.54) is 9.80 Å². The predicted molar refractivity (Wildman–Crippen MR) is 303 cm³/mol. The zero-order chi connectivity index (χ0) is 74.0. The number of rotatable bonds is 14. The number of aliphatic carboxylic acids is 1. The summed E-state index contributed by atoms with van der Waals surface area (Å²) in [6.07, 6.45) is -17.7. The molecule has 0 saturated carbocycles. The molecule has 0 spiro atoms. The number of alkyl carbamates (subject to hydrolysis) is 2. The maximum Gasteiger partial charge on any atom is 0.451 e. The minimum absolute atomic E-state index is 0.000783. The molecule has 6 aromatic rings. The van der Waals surface area contributed by atoms with Gasteiger partial charge in [0.05, 0.1) is 26.1 Å². The van der Waals surface area contributed by atoms with E-state index in [-0.39, 0.29) is 99.8 Å². The summed E-state index contributed by atoms with van der Waals surface area (Å²) in [4.78, 5) is 62.6. The number of carboxylic acids is 1. The van der Waals surface area contributed by atoms with Gasteiger partial charge >= 0.3 is 36.7 Å². The lowest BCUT2D eigenvalue weighted by Gasteiger charge is -2.30. The van der Waals surface area contributed by atoms with Crippen LogP contribution in [0.2, 0.25) is 0 Å². The van der Waals surface area contributed by atoms with Crippen LogP contribution < -0.4 is 21.7 Å². The van der Waals surface area contributed by atoms with Crippen molar-refractivity contribution >= 4 is 30.0 Å². The Bertz CT molecular complexity index is 3870. The minimum atomic E-state index is -4.70. The van der Waals surface area contributed by atoms with Crippen LogP contribution in [0.25, 0.3) is 0 Å². The molecule has 9 rings (SSSR count). The molecule has 3 aliphatic heterocycles. The highest BCUT2D eigenvalue weighted by atomic mass is 19.4. The fourth-order valence-corrected chi connectivity index (χ4v) is 9.71. The van der Waals surface area contributed by atoms with Crippen molar-refractivity contribution in [1.82, 2.24) is 70.0 Å². The third kappa shape index (κ3) is 22.9. The third-order valence-electron chi connectivity index (χ3n) is 14.0. The predicted octanol–water partition coefficient (Wildman–Crippen LogP) is 9.01. The zero-order valence-electron chi connectivity index (χ0n) is 52.9. The number of carbonyl (C=O) groups is 5. The van der Waals surface area contributed by atoms with Crippen molar-refractivity contribution in [3.8, 4) is 0 Å². The molecule has 6 N–H and O–H groups in total. The van der Waals surface area contributed by atoms with Crippen LogP contribution in [0.15, 0.2) is 36.4 Å². The summed E-state index contributed by atoms with van der Waals surface area (Å²) < 4.78 is 248. The van der Waals surface area contributed by atoms with E-state index in [1.807, 2.05) is 0 Å². The number of hydrogen-bond acceptors (Lipinski definition) is 15. The highest BCUT2D eigenvalue weighted by Crippen LogP contribution is 2.32. The molecule has 0 radical (unpaired) electrons. The van der Waals surface area contributed by atoms with E-state index >= 15 is 0 Å². The lowest BCUT2D eigenvalue weighted by Crippen LogP contribution is -2.45. The first-order valence-corrected chi connectivity index (χ1v) is 29.4. The molecule has 0 bridgehead atoms. The van der Waals surface area contributed by atoms with Crippen LogP contribution >= 0.6 is 0 Å². The molecular weight excluding hydrogens is 1380 g/mol. The maximum atomic E-state index is 14.2. The van der Waals surface area contributed by atoms with Crippen molar-refractivity contribution in [2.75, 3.05) is 19.6 Å². The summed E-state index contributed by atoms with van der Waals surface area (Å²) in [5, 5.41) is 36.3. The average molecular weight is 1440 g/mol. The highest BCUT2D eigenvalue weighted by Gasteiger charge is 2.42. The van der Waals surface area contributed by atoms with Crippen LogP contribution in [-0.2, 0) is 101 Å². The number of fused-ring (bicyclic) bond motifs is 3. The van der Waals surface area contributed by atoms with Crippen LogP contribution in [0.3, 0.4) is 0 Å². The molecular formula is C58H63F18N15O8. The SMILES string of the molecule is CC(C)(C)OC(=O)N[C@@H](CC(=O)N1CCn2c(nnc2C(F)(F)F)C1)Cc1cc(F)c(F)cc1F.CC(C)(C)OC(=O)N[C@@H](CC(=O)O)Cc1cc(F)c(F)cc1F.FC(F)(F)c1nnc2n1CCNC2.N[C@@H](CC(=O)N1CCn2c(nnc2C(F)(F)F)C1)Cc1cc(F)c(F)cc1F. The second-order valence-corrected chi connectivity index (χ2v) is 24.2. The van der Waals surface area contributed by atoms with Gasteiger partial charge in [0.15, 0.2) is 46.6 Å². The van der Waals surface area contributed by atoms with Gasteiger partial charge in [-0.15, -0.1) is 30.6 Å². The summed E-state index contributed by atoms with van der Waals surface area (Å²) >= 11 is 0. The Morgan fingerprint density at radius 1 is 0.475 bits per heavy atom. The topological polar surface area (TPSA) is 285 Å². The standard InChI is InChI=1S/C21H23F6N5O3.C16H15F6N5O.C15H18F3NO4.C6H7F3N4/c1-20(2,3)35-19(34)28-12(6-11-7-14(23)15(24)9-13(11)22)8-17(33)31-4-5-32-16(10-31)29-30-18(32)21(25,26)27;17-10-6-12(19)11(18)4-8(10)3-9(23)5-14(28)26-1-2-27-13(7-26)24-25-15(27)16(20,21)22;1-15(2,3)23-14(22)19-9(6-13(20)21)4-8-5-11(17)12(18)7-10(8)16;7-6(8,9)5-12-11-4-3-10-1-2-13(4)5/h7,9,12H,4-6,8,10H2,1-3H3,(H,28,34);4,6,9H,1-3,5,7,23H2;5,7,9H,4,6H2,1-3H3,(H,19,22)(H,20,21);10H,1-3H2/t12-;2*9-;/m111./s1. The fraction of sp³-hybridized carbons (Fsp3) is 0.500. The van der Waals surface area contributed by atoms with Gasteiger partial charge in [-0.25, -0.2) is 49.1 Å². The summed E-state index contributed by atoms with van der Waals surface area (Å²) in [5.74, 6) is -16.2. The maximum absolute atomic E-state index is 14.2. The van der Waals surface area contributed by atoms with Crippen LogP contribution in [0.4, 0.5) is 88.6 Å². The van der Waals surface area contributed by atoms with Crippen molar-refractivity contribution in [3.05, 3.63) is 140 Å². The third-order valence-corrected chi connectivity index (χ3v) is 14.0. The molecule has 0 saturated heterocycles. The first-order chi connectivity index (χ1) is 45.8. The minimum Gasteiger partial charge on any atom is -0.481 e. The molecule has 0 unspecified atom stereocenters. The number of aromatic nitrogens is 9. The number of ether oxygens (including phenoxy) is 2.